The molecule has 136 valence electrons. The van der Waals surface area contributed by atoms with Crippen molar-refractivity contribution in [2.75, 3.05) is 6.61 Å². The normalized spacial score (nSPS) is 23.1. The molecule has 1 aliphatic heterocycles. The van der Waals surface area contributed by atoms with E-state index in [0.29, 0.717) is 0 Å². The van der Waals surface area contributed by atoms with Crippen LogP contribution in [0.25, 0.3) is 0 Å². The number of carbonyl (C=O) groups is 3. The van der Waals surface area contributed by atoms with Gasteiger partial charge >= 0.3 is 11.9 Å². The summed E-state index contributed by atoms with van der Waals surface area (Å²) < 4.78 is 10.00. The van der Waals surface area contributed by atoms with E-state index in [1.807, 2.05) is 0 Å². The maximum absolute atomic E-state index is 12.8. The number of ether oxygens (including phenoxy) is 2. The van der Waals surface area contributed by atoms with Gasteiger partial charge in [0.15, 0.2) is 5.78 Å². The van der Waals surface area contributed by atoms with E-state index in [1.165, 1.54) is 41.5 Å². The van der Waals surface area contributed by atoms with Crippen molar-refractivity contribution in [2.24, 2.45) is 10.8 Å². The summed E-state index contributed by atoms with van der Waals surface area (Å²) in [5, 5.41) is 29.4. The topological polar surface area (TPSA) is 130 Å². The Balaban J connectivity index is 3.55. The van der Waals surface area contributed by atoms with E-state index in [2.05, 4.69) is 0 Å². The van der Waals surface area contributed by atoms with Crippen molar-refractivity contribution < 1.29 is 39.2 Å². The highest BCUT2D eigenvalue weighted by Crippen LogP contribution is 2.42. The molecule has 8 nitrogen and oxygen atoms in total. The van der Waals surface area contributed by atoms with E-state index in [4.69, 9.17) is 9.47 Å². The maximum atomic E-state index is 12.8. The van der Waals surface area contributed by atoms with Crippen LogP contribution in [0.4, 0.5) is 0 Å². The molecule has 8 heteroatoms. The summed E-state index contributed by atoms with van der Waals surface area (Å²) >= 11 is 0. The lowest BCUT2D eigenvalue weighted by molar-refractivity contribution is -0.181. The molecule has 24 heavy (non-hydrogen) atoms. The summed E-state index contributed by atoms with van der Waals surface area (Å²) in [6.07, 6.45) is -1.92. The Bertz CT molecular complexity index is 590. The summed E-state index contributed by atoms with van der Waals surface area (Å²) in [6, 6.07) is 0. The molecule has 1 aliphatic rings. The molecule has 2 atom stereocenters. The van der Waals surface area contributed by atoms with Crippen LogP contribution in [0, 0.1) is 10.8 Å². The third-order valence-electron chi connectivity index (χ3n) is 3.47. The van der Waals surface area contributed by atoms with Crippen LogP contribution in [0.1, 0.15) is 41.5 Å². The van der Waals surface area contributed by atoms with E-state index in [-0.39, 0.29) is 0 Å². The van der Waals surface area contributed by atoms with E-state index in [9.17, 15) is 29.7 Å². The van der Waals surface area contributed by atoms with Crippen LogP contribution in [0.5, 0.6) is 0 Å². The van der Waals surface area contributed by atoms with Gasteiger partial charge in [0.2, 0.25) is 11.5 Å². The zero-order valence-electron chi connectivity index (χ0n) is 14.7. The minimum absolute atomic E-state index is 0.797. The van der Waals surface area contributed by atoms with Gasteiger partial charge in [-0.05, 0) is 20.8 Å². The molecule has 0 fully saturated rings. The molecule has 0 aliphatic carbocycles. The van der Waals surface area contributed by atoms with Crippen molar-refractivity contribution >= 4 is 17.7 Å². The molecule has 0 spiro atoms. The van der Waals surface area contributed by atoms with Crippen LogP contribution in [0.15, 0.2) is 11.5 Å². The zero-order chi connectivity index (χ0) is 19.1. The second-order valence-corrected chi connectivity index (χ2v) is 7.72. The Morgan fingerprint density at radius 1 is 1.17 bits per heavy atom. The molecule has 0 aromatic carbocycles. The summed E-state index contributed by atoms with van der Waals surface area (Å²) in [6.45, 7) is 8.11. The quantitative estimate of drug-likeness (QED) is 0.632. The van der Waals surface area contributed by atoms with E-state index < -0.39 is 58.4 Å². The first-order valence-electron chi connectivity index (χ1n) is 7.42. The van der Waals surface area contributed by atoms with Gasteiger partial charge in [0.1, 0.15) is 6.10 Å². The van der Waals surface area contributed by atoms with Crippen molar-refractivity contribution in [3.05, 3.63) is 11.5 Å². The van der Waals surface area contributed by atoms with Crippen LogP contribution in [-0.2, 0) is 23.9 Å². The average molecular weight is 344 g/mol. The number of esters is 2. The van der Waals surface area contributed by atoms with Gasteiger partial charge in [0.25, 0.3) is 5.60 Å². The highest BCUT2D eigenvalue weighted by atomic mass is 16.6. The second kappa shape index (κ2) is 6.18. The molecule has 0 bridgehead atoms. The van der Waals surface area contributed by atoms with Gasteiger partial charge in [-0.3, -0.25) is 9.59 Å². The molecular formula is C16H24O8. The molecule has 3 N–H and O–H groups in total. The number of Topliss-reactive ketones (excluding diaryl/α,β-unsaturated/α-hetero) is 1. The first-order chi connectivity index (χ1) is 10.7. The number of aliphatic hydroxyl groups excluding tert-OH is 3. The summed E-state index contributed by atoms with van der Waals surface area (Å²) in [4.78, 5) is 36.8. The fourth-order valence-corrected chi connectivity index (χ4v) is 2.09. The van der Waals surface area contributed by atoms with Gasteiger partial charge in [0, 0.05) is 5.41 Å². The number of ketones is 1. The first kappa shape index (κ1) is 20.1. The molecule has 1 heterocycles. The molecule has 0 saturated heterocycles. The number of cyclic esters (lactones) is 1. The van der Waals surface area contributed by atoms with Crippen molar-refractivity contribution in [3.8, 4) is 0 Å². The van der Waals surface area contributed by atoms with Crippen LogP contribution in [0.3, 0.4) is 0 Å². The largest absolute Gasteiger partial charge is 0.499 e. The Morgan fingerprint density at radius 3 is 2.04 bits per heavy atom. The van der Waals surface area contributed by atoms with Crippen LogP contribution < -0.4 is 0 Å². The summed E-state index contributed by atoms with van der Waals surface area (Å²) in [7, 11) is 0. The fraction of sp³-hybridized carbons (Fsp3) is 0.688. The summed E-state index contributed by atoms with van der Waals surface area (Å²) in [5.41, 5.74) is -4.64. The third kappa shape index (κ3) is 3.29. The maximum Gasteiger partial charge on any atom is 0.378 e. The van der Waals surface area contributed by atoms with Crippen LogP contribution >= 0.6 is 0 Å². The Hall–Kier alpha value is -1.93. The molecular weight excluding hydrogens is 320 g/mol. The molecule has 0 radical (unpaired) electrons. The van der Waals surface area contributed by atoms with Gasteiger partial charge in [-0.1, -0.05) is 20.8 Å². The van der Waals surface area contributed by atoms with E-state index >= 15 is 0 Å². The molecule has 0 aromatic rings. The smallest absolute Gasteiger partial charge is 0.378 e. The lowest BCUT2D eigenvalue weighted by Gasteiger charge is -2.36. The SMILES string of the molecule is CC(C)(C)C(=O)OC1=C(O)C(=O)O[C@]1(C(=O)C(C)(C)C)[C@@H](O)CO. The molecule has 0 saturated carbocycles. The van der Waals surface area contributed by atoms with Gasteiger partial charge in [0.05, 0.1) is 12.0 Å². The minimum atomic E-state index is -2.49. The van der Waals surface area contributed by atoms with Crippen molar-refractivity contribution in [2.45, 2.75) is 53.2 Å². The third-order valence-corrected chi connectivity index (χ3v) is 3.47. The Morgan fingerprint density at radius 2 is 1.67 bits per heavy atom. The van der Waals surface area contributed by atoms with E-state index in [1.54, 1.807) is 0 Å². The predicted octanol–water partition coefficient (Wildman–Crippen LogP) is 0.609. The predicted molar refractivity (Wildman–Crippen MR) is 81.6 cm³/mol. The van der Waals surface area contributed by atoms with Crippen LogP contribution in [-0.4, -0.2) is 51.4 Å². The number of hydrogen-bond donors (Lipinski definition) is 3. The van der Waals surface area contributed by atoms with Crippen molar-refractivity contribution in [1.82, 2.24) is 0 Å². The van der Waals surface area contributed by atoms with Crippen molar-refractivity contribution in [3.63, 3.8) is 0 Å². The average Bonchev–Trinajstić information content (AvgIpc) is 2.69. The number of carbonyl (C=O) groups excluding carboxylic acids is 3. The van der Waals surface area contributed by atoms with E-state index in [0.717, 1.165) is 0 Å². The van der Waals surface area contributed by atoms with Gasteiger partial charge in [-0.25, -0.2) is 4.79 Å². The Labute approximate surface area is 140 Å². The summed E-state index contributed by atoms with van der Waals surface area (Å²) in [5.74, 6) is -4.88. The molecule has 1 rings (SSSR count). The van der Waals surface area contributed by atoms with Gasteiger partial charge < -0.3 is 24.8 Å². The van der Waals surface area contributed by atoms with Crippen molar-refractivity contribution in [1.29, 1.82) is 0 Å². The standard InChI is InChI=1S/C16H24O8/c1-14(2,3)12(21)16(8(18)7-17)10(9(19)11(20)24-16)23-13(22)15(4,5)6/h8,17-19H,7H2,1-6H3/t8-,16+/m0/s1. The second-order valence-electron chi connectivity index (χ2n) is 7.72. The van der Waals surface area contributed by atoms with Gasteiger partial charge in [-0.15, -0.1) is 0 Å². The number of aliphatic hydroxyl groups is 3. The lowest BCUT2D eigenvalue weighted by Crippen LogP contribution is -2.57. The van der Waals surface area contributed by atoms with Crippen LogP contribution in [0.2, 0.25) is 0 Å². The molecule has 0 aromatic heterocycles. The highest BCUT2D eigenvalue weighted by molar-refractivity contribution is 6.04. The first-order valence-corrected chi connectivity index (χ1v) is 7.42. The number of hydrogen-bond acceptors (Lipinski definition) is 8. The lowest BCUT2D eigenvalue weighted by atomic mass is 9.76. The monoisotopic (exact) mass is 344 g/mol. The minimum Gasteiger partial charge on any atom is -0.499 e. The number of rotatable bonds is 4. The van der Waals surface area contributed by atoms with Gasteiger partial charge in [-0.2, -0.15) is 0 Å². The molecule has 0 amide bonds. The highest BCUT2D eigenvalue weighted by Gasteiger charge is 2.63. The zero-order valence-corrected chi connectivity index (χ0v) is 14.7. The fourth-order valence-electron chi connectivity index (χ4n) is 2.09. The Kier molecular flexibility index (Phi) is 5.18. The molecule has 0 unspecified atom stereocenters.